The molecule has 0 saturated heterocycles. The number of aromatic nitrogens is 1. The van der Waals surface area contributed by atoms with Gasteiger partial charge in [-0.2, -0.15) is 0 Å². The third kappa shape index (κ3) is 10.5. The molecule has 0 spiro atoms. The first kappa shape index (κ1) is 38.6. The number of aryl methyl sites for hydroxylation is 6. The molecule has 0 bridgehead atoms. The van der Waals surface area contributed by atoms with Crippen LogP contribution >= 0.6 is 11.6 Å². The third-order valence-corrected chi connectivity index (χ3v) is 6.05. The average Bonchev–Trinajstić information content (AvgIpc) is 2.80. The number of aliphatic imine (C=N–C) groups is 2. The molecule has 37 heavy (non-hydrogen) atoms. The smallest absolute Gasteiger partial charge is 1.00 e. The summed E-state index contributed by atoms with van der Waals surface area (Å²) in [6.45, 7) is 12.9. The van der Waals surface area contributed by atoms with E-state index in [4.69, 9.17) is 26.6 Å². The van der Waals surface area contributed by atoms with Crippen LogP contribution in [0.1, 0.15) is 72.5 Å². The molecule has 3 nitrogen and oxygen atoms in total. The van der Waals surface area contributed by atoms with Gasteiger partial charge >= 0.3 is 40.8 Å². The van der Waals surface area contributed by atoms with Crippen molar-refractivity contribution in [2.45, 2.75) is 67.2 Å². The fourth-order valence-corrected chi connectivity index (χ4v) is 4.43. The molecule has 197 valence electrons. The van der Waals surface area contributed by atoms with Gasteiger partial charge in [0.25, 0.3) is 0 Å². The van der Waals surface area contributed by atoms with Crippen molar-refractivity contribution >= 4 is 35.4 Å². The zero-order valence-corrected chi connectivity index (χ0v) is 28.5. The summed E-state index contributed by atoms with van der Waals surface area (Å²) in [5, 5.41) is 0.624. The summed E-state index contributed by atoms with van der Waals surface area (Å²) in [5.41, 5.74) is 11.1. The Balaban J connectivity index is 0. The molecule has 3 aromatic rings. The molecular formula is C29H34Cl4N3Nd. The van der Waals surface area contributed by atoms with Crippen LogP contribution in [0.2, 0.25) is 5.02 Å². The number of pyridine rings is 1. The van der Waals surface area contributed by atoms with Gasteiger partial charge in [-0.25, -0.2) is 4.98 Å². The molecule has 1 radical (unpaired) electrons. The van der Waals surface area contributed by atoms with Crippen LogP contribution in [0.3, 0.4) is 0 Å². The molecule has 0 amide bonds. The Morgan fingerprint density at radius 1 is 0.622 bits per heavy atom. The minimum Gasteiger partial charge on any atom is -1.00 e. The van der Waals surface area contributed by atoms with Gasteiger partial charge in [0, 0.05) is 5.02 Å². The number of halogens is 4. The molecule has 2 aromatic carbocycles. The van der Waals surface area contributed by atoms with E-state index in [1.807, 2.05) is 24.6 Å². The van der Waals surface area contributed by atoms with Crippen molar-refractivity contribution in [2.75, 3.05) is 0 Å². The van der Waals surface area contributed by atoms with Gasteiger partial charge < -0.3 is 37.2 Å². The van der Waals surface area contributed by atoms with Crippen molar-refractivity contribution < 1.29 is 78.1 Å². The number of hydrogen-bond donors (Lipinski definition) is 0. The quantitative estimate of drug-likeness (QED) is 0.280. The van der Waals surface area contributed by atoms with Gasteiger partial charge in [-0.05, 0) is 73.9 Å². The van der Waals surface area contributed by atoms with Crippen LogP contribution in [-0.2, 0) is 25.7 Å². The van der Waals surface area contributed by atoms with Gasteiger partial charge in [0.15, 0.2) is 0 Å². The van der Waals surface area contributed by atoms with E-state index in [0.717, 1.165) is 48.4 Å². The summed E-state index contributed by atoms with van der Waals surface area (Å²) in [5.74, 6) is 0. The second-order valence-corrected chi connectivity index (χ2v) is 8.87. The average molecular weight is 711 g/mol. The molecular weight excluding hydrogens is 676 g/mol. The molecule has 0 aliphatic rings. The number of nitrogens with zero attached hydrogens (tertiary/aromatic N) is 3. The predicted molar refractivity (Wildman–Crippen MR) is 144 cm³/mol. The molecule has 0 unspecified atom stereocenters. The molecule has 0 aliphatic heterocycles. The zero-order valence-electron chi connectivity index (χ0n) is 22.3. The van der Waals surface area contributed by atoms with E-state index < -0.39 is 0 Å². The van der Waals surface area contributed by atoms with Crippen LogP contribution < -0.4 is 37.2 Å². The maximum absolute atomic E-state index is 6.43. The number of hydrogen-bond acceptors (Lipinski definition) is 3. The van der Waals surface area contributed by atoms with E-state index in [1.165, 1.54) is 33.4 Å². The first-order chi connectivity index (χ1) is 15.9. The first-order valence-electron chi connectivity index (χ1n) is 11.9. The van der Waals surface area contributed by atoms with Crippen molar-refractivity contribution in [1.29, 1.82) is 0 Å². The summed E-state index contributed by atoms with van der Waals surface area (Å²) in [6, 6.07) is 12.5. The number of rotatable bonds is 8. The van der Waals surface area contributed by atoms with Crippen LogP contribution in [0.5, 0.6) is 0 Å². The fraction of sp³-hybridized carbons (Fsp3) is 0.345. The van der Waals surface area contributed by atoms with Gasteiger partial charge in [-0.3, -0.25) is 9.98 Å². The summed E-state index contributed by atoms with van der Waals surface area (Å²) < 4.78 is 0. The van der Waals surface area contributed by atoms with Crippen molar-refractivity contribution in [1.82, 2.24) is 4.98 Å². The SMILES string of the molecule is CCc1cc(C)cc(CC)c1N=Cc1cc(Cl)cc(C=Nc2c(CC)cc(C)cc2CC)n1.[Cl-].[Cl-].[Cl-].[Nd+3]. The number of benzene rings is 2. The molecule has 1 heterocycles. The summed E-state index contributed by atoms with van der Waals surface area (Å²) in [6.07, 6.45) is 7.40. The van der Waals surface area contributed by atoms with E-state index in [0.29, 0.717) is 5.02 Å². The van der Waals surface area contributed by atoms with Gasteiger partial charge in [0.05, 0.1) is 35.2 Å². The minimum absolute atomic E-state index is 0. The standard InChI is InChI=1S/C29H34ClN3.3ClH.Nd/c1-7-21-11-19(5)12-22(8-2)28(21)31-17-26-15-25(30)16-27(33-26)18-32-29-23(9-3)13-20(6)14-24(29)10-4;;;;/h11-18H,7-10H2,1-6H3;3*1H;/q;;;;+3/p-3. The second-order valence-electron chi connectivity index (χ2n) is 8.43. The van der Waals surface area contributed by atoms with E-state index in [1.54, 1.807) is 0 Å². The van der Waals surface area contributed by atoms with Crippen molar-refractivity contribution in [3.8, 4) is 0 Å². The van der Waals surface area contributed by atoms with Crippen molar-refractivity contribution in [2.24, 2.45) is 9.98 Å². The van der Waals surface area contributed by atoms with E-state index in [9.17, 15) is 0 Å². The topological polar surface area (TPSA) is 37.6 Å². The van der Waals surface area contributed by atoms with Gasteiger partial charge in [0.2, 0.25) is 0 Å². The normalized spacial score (nSPS) is 10.5. The molecule has 3 rings (SSSR count). The third-order valence-electron chi connectivity index (χ3n) is 5.83. The van der Waals surface area contributed by atoms with Crippen LogP contribution in [0.25, 0.3) is 0 Å². The molecule has 0 N–H and O–H groups in total. The maximum Gasteiger partial charge on any atom is 3.00 e. The van der Waals surface area contributed by atoms with Crippen LogP contribution in [0.15, 0.2) is 46.4 Å². The Bertz CT molecular complexity index is 1070. The van der Waals surface area contributed by atoms with E-state index in [2.05, 4.69) is 65.8 Å². The minimum atomic E-state index is 0. The Hall–Kier alpha value is -0.559. The Morgan fingerprint density at radius 2 is 0.919 bits per heavy atom. The van der Waals surface area contributed by atoms with Gasteiger partial charge in [-0.1, -0.05) is 74.7 Å². The molecule has 8 heteroatoms. The van der Waals surface area contributed by atoms with Gasteiger partial charge in [-0.15, -0.1) is 0 Å². The summed E-state index contributed by atoms with van der Waals surface area (Å²) in [4.78, 5) is 14.4. The maximum atomic E-state index is 6.43. The van der Waals surface area contributed by atoms with E-state index >= 15 is 0 Å². The van der Waals surface area contributed by atoms with Crippen molar-refractivity contribution in [3.63, 3.8) is 0 Å². The van der Waals surface area contributed by atoms with Gasteiger partial charge in [0.1, 0.15) is 0 Å². The van der Waals surface area contributed by atoms with Crippen LogP contribution in [0, 0.1) is 54.7 Å². The van der Waals surface area contributed by atoms with E-state index in [-0.39, 0.29) is 78.1 Å². The zero-order chi connectivity index (χ0) is 24.0. The first-order valence-corrected chi connectivity index (χ1v) is 12.3. The molecule has 0 fully saturated rings. The predicted octanol–water partition coefficient (Wildman–Crippen LogP) is -0.885. The monoisotopic (exact) mass is 706 g/mol. The molecule has 0 atom stereocenters. The Kier molecular flexibility index (Phi) is 19.5. The molecule has 1 aromatic heterocycles. The van der Waals surface area contributed by atoms with Crippen LogP contribution in [0.4, 0.5) is 11.4 Å². The Labute approximate surface area is 279 Å². The summed E-state index contributed by atoms with van der Waals surface area (Å²) >= 11 is 6.43. The van der Waals surface area contributed by atoms with Crippen LogP contribution in [-0.4, -0.2) is 17.4 Å². The van der Waals surface area contributed by atoms with Crippen molar-refractivity contribution in [3.05, 3.63) is 86.2 Å². The fourth-order valence-electron chi connectivity index (χ4n) is 4.21. The molecule has 0 aliphatic carbocycles. The second kappa shape index (κ2) is 18.7. The molecule has 0 saturated carbocycles. The largest absolute Gasteiger partial charge is 3.00 e. The Morgan fingerprint density at radius 3 is 1.19 bits per heavy atom. The summed E-state index contributed by atoms with van der Waals surface area (Å²) in [7, 11) is 0.